The fourth-order valence-electron chi connectivity index (χ4n) is 3.62. The zero-order valence-electron chi connectivity index (χ0n) is 16.9. The van der Waals surface area contributed by atoms with Crippen molar-refractivity contribution >= 4 is 5.91 Å². The Kier molecular flexibility index (Phi) is 5.51. The van der Waals surface area contributed by atoms with Gasteiger partial charge in [-0.15, -0.1) is 0 Å². The molecular formula is C21H19F3N4O4. The number of aryl methyl sites for hydroxylation is 1. The number of ether oxygens (including phenoxy) is 2. The van der Waals surface area contributed by atoms with Gasteiger partial charge in [-0.2, -0.15) is 18.3 Å². The smallest absolute Gasteiger partial charge is 0.431 e. The number of nitrogens with zero attached hydrogens (tertiary/aromatic N) is 2. The first-order chi connectivity index (χ1) is 15.1. The number of hydrogen-bond acceptors (Lipinski definition) is 5. The lowest BCUT2D eigenvalue weighted by molar-refractivity contribution is -0.140. The van der Waals surface area contributed by atoms with Crippen LogP contribution in [0.5, 0.6) is 5.75 Å². The van der Waals surface area contributed by atoms with E-state index >= 15 is 0 Å². The van der Waals surface area contributed by atoms with Crippen molar-refractivity contribution in [1.29, 1.82) is 0 Å². The minimum atomic E-state index is -4.83. The molecule has 1 unspecified atom stereocenters. The van der Waals surface area contributed by atoms with Crippen LogP contribution in [0.25, 0.3) is 11.1 Å². The summed E-state index contributed by atoms with van der Waals surface area (Å²) in [5.74, 6) is -0.704. The molecule has 3 N–H and O–H groups in total. The van der Waals surface area contributed by atoms with E-state index in [9.17, 15) is 22.8 Å². The first kappa shape index (κ1) is 21.6. The fourth-order valence-corrected chi connectivity index (χ4v) is 3.62. The summed E-state index contributed by atoms with van der Waals surface area (Å²) in [5, 5.41) is 4.23. The first-order valence-corrected chi connectivity index (χ1v) is 9.61. The maximum Gasteiger partial charge on any atom is 0.431 e. The highest BCUT2D eigenvalue weighted by Gasteiger charge is 2.36. The third-order valence-corrected chi connectivity index (χ3v) is 5.30. The van der Waals surface area contributed by atoms with Gasteiger partial charge >= 0.3 is 6.18 Å². The minimum absolute atomic E-state index is 0.0266. The number of H-pyrrole nitrogens is 1. The summed E-state index contributed by atoms with van der Waals surface area (Å²) in [6.07, 6.45) is -3.05. The Balaban J connectivity index is 1.57. The molecular weight excluding hydrogens is 429 g/mol. The van der Waals surface area contributed by atoms with Gasteiger partial charge in [-0.25, -0.2) is 0 Å². The van der Waals surface area contributed by atoms with Gasteiger partial charge in [0.1, 0.15) is 17.0 Å². The molecule has 0 radical (unpaired) electrons. The van der Waals surface area contributed by atoms with Crippen LogP contribution in [0.1, 0.15) is 33.2 Å². The Labute approximate surface area is 179 Å². The summed E-state index contributed by atoms with van der Waals surface area (Å²) in [6, 6.07) is 6.70. The normalized spacial score (nSPS) is 15.9. The summed E-state index contributed by atoms with van der Waals surface area (Å²) < 4.78 is 53.5. The number of aromatic amines is 1. The van der Waals surface area contributed by atoms with Gasteiger partial charge in [0.2, 0.25) is 0 Å². The van der Waals surface area contributed by atoms with Gasteiger partial charge in [-0.05, 0) is 23.8 Å². The van der Waals surface area contributed by atoms with Crippen molar-refractivity contribution < 1.29 is 27.4 Å². The fraction of sp³-hybridized carbons (Fsp3) is 0.286. The Morgan fingerprint density at radius 1 is 1.34 bits per heavy atom. The Morgan fingerprint density at radius 2 is 2.06 bits per heavy atom. The number of pyridine rings is 1. The van der Waals surface area contributed by atoms with E-state index < -0.39 is 28.9 Å². The molecule has 0 saturated carbocycles. The number of halogens is 3. The van der Waals surface area contributed by atoms with Crippen molar-refractivity contribution in [1.82, 2.24) is 14.8 Å². The minimum Gasteiger partial charge on any atom is -0.493 e. The SMILES string of the molecule is Cn1ncc2c1COCC2COc1ccc(-c2cc(C(N)=O)c(=O)[nH]c2C(F)(F)F)cc1. The van der Waals surface area contributed by atoms with Gasteiger partial charge < -0.3 is 20.2 Å². The number of nitrogens with one attached hydrogen (secondary N) is 1. The van der Waals surface area contributed by atoms with Crippen LogP contribution in [-0.2, 0) is 24.6 Å². The van der Waals surface area contributed by atoms with E-state index in [4.69, 9.17) is 15.2 Å². The van der Waals surface area contributed by atoms with E-state index in [2.05, 4.69) is 5.10 Å². The molecule has 1 aromatic carbocycles. The lowest BCUT2D eigenvalue weighted by Gasteiger charge is -2.23. The number of nitrogens with two attached hydrogens (primary N) is 1. The topological polar surface area (TPSA) is 112 Å². The number of primary amides is 1. The van der Waals surface area contributed by atoms with Crippen molar-refractivity contribution in [2.45, 2.75) is 18.7 Å². The summed E-state index contributed by atoms with van der Waals surface area (Å²) in [4.78, 5) is 25.0. The molecule has 168 valence electrons. The van der Waals surface area contributed by atoms with Crippen LogP contribution >= 0.6 is 0 Å². The average molecular weight is 448 g/mol. The van der Waals surface area contributed by atoms with Crippen molar-refractivity contribution in [2.75, 3.05) is 13.2 Å². The highest BCUT2D eigenvalue weighted by Crippen LogP contribution is 2.36. The second-order valence-electron chi connectivity index (χ2n) is 7.38. The number of benzene rings is 1. The van der Waals surface area contributed by atoms with E-state index in [0.717, 1.165) is 17.3 Å². The molecule has 0 saturated heterocycles. The molecule has 11 heteroatoms. The number of carbonyl (C=O) groups is 1. The molecule has 32 heavy (non-hydrogen) atoms. The quantitative estimate of drug-likeness (QED) is 0.623. The highest BCUT2D eigenvalue weighted by molar-refractivity contribution is 5.94. The molecule has 0 bridgehead atoms. The van der Waals surface area contributed by atoms with Gasteiger partial charge in [0.05, 0.1) is 31.7 Å². The zero-order chi connectivity index (χ0) is 23.0. The van der Waals surface area contributed by atoms with E-state index in [0.29, 0.717) is 25.6 Å². The molecule has 0 fully saturated rings. The van der Waals surface area contributed by atoms with Crippen LogP contribution in [0.2, 0.25) is 0 Å². The molecule has 1 amide bonds. The molecule has 0 spiro atoms. The maximum absolute atomic E-state index is 13.4. The van der Waals surface area contributed by atoms with Crippen molar-refractivity contribution in [3.63, 3.8) is 0 Å². The van der Waals surface area contributed by atoms with Crippen LogP contribution in [0.3, 0.4) is 0 Å². The lowest BCUT2D eigenvalue weighted by atomic mass is 9.99. The predicted molar refractivity (Wildman–Crippen MR) is 107 cm³/mol. The Hall–Kier alpha value is -3.60. The maximum atomic E-state index is 13.4. The Bertz CT molecular complexity index is 1220. The molecule has 1 atom stereocenters. The largest absolute Gasteiger partial charge is 0.493 e. The van der Waals surface area contributed by atoms with Crippen LogP contribution in [0, 0.1) is 0 Å². The van der Waals surface area contributed by atoms with Crippen molar-refractivity contribution in [3.05, 3.63) is 69.4 Å². The van der Waals surface area contributed by atoms with E-state index in [-0.39, 0.29) is 17.0 Å². The number of aromatic nitrogens is 3. The second kappa shape index (κ2) is 8.15. The third kappa shape index (κ3) is 4.11. The lowest BCUT2D eigenvalue weighted by Crippen LogP contribution is -2.27. The molecule has 3 heterocycles. The van der Waals surface area contributed by atoms with Crippen molar-refractivity contribution in [3.8, 4) is 16.9 Å². The summed E-state index contributed by atoms with van der Waals surface area (Å²) in [7, 11) is 1.83. The molecule has 1 aliphatic heterocycles. The molecule has 8 nitrogen and oxygen atoms in total. The summed E-state index contributed by atoms with van der Waals surface area (Å²) in [5.41, 5.74) is 3.89. The van der Waals surface area contributed by atoms with Crippen LogP contribution in [0.4, 0.5) is 13.2 Å². The monoisotopic (exact) mass is 448 g/mol. The van der Waals surface area contributed by atoms with E-state index in [1.807, 2.05) is 7.05 Å². The van der Waals surface area contributed by atoms with Gasteiger partial charge in [0.15, 0.2) is 0 Å². The third-order valence-electron chi connectivity index (χ3n) is 5.30. The predicted octanol–water partition coefficient (Wildman–Crippen LogP) is 2.59. The number of rotatable bonds is 5. The van der Waals surface area contributed by atoms with Gasteiger partial charge in [0.25, 0.3) is 11.5 Å². The van der Waals surface area contributed by atoms with Crippen LogP contribution < -0.4 is 16.0 Å². The summed E-state index contributed by atoms with van der Waals surface area (Å²) >= 11 is 0. The number of carbonyl (C=O) groups excluding carboxylic acids is 1. The molecule has 0 aliphatic carbocycles. The van der Waals surface area contributed by atoms with Gasteiger partial charge in [-0.1, -0.05) is 12.1 Å². The van der Waals surface area contributed by atoms with Gasteiger partial charge in [-0.3, -0.25) is 14.3 Å². The molecule has 4 rings (SSSR count). The standard InChI is InChI=1S/C21H19F3N4O4/c1-28-17-10-31-8-12(16(17)7-26-28)9-32-13-4-2-11(3-5-13)14-6-15(19(25)29)20(30)27-18(14)21(22,23)24/h2-7,12H,8-10H2,1H3,(H2,25,29)(H,27,30). The van der Waals surface area contributed by atoms with Crippen LogP contribution in [0.15, 0.2) is 41.3 Å². The van der Waals surface area contributed by atoms with Gasteiger partial charge in [0, 0.05) is 24.1 Å². The molecule has 1 aliphatic rings. The van der Waals surface area contributed by atoms with E-state index in [1.165, 1.54) is 24.3 Å². The Morgan fingerprint density at radius 3 is 2.72 bits per heavy atom. The zero-order valence-corrected chi connectivity index (χ0v) is 16.9. The average Bonchev–Trinajstić information content (AvgIpc) is 3.13. The number of alkyl halides is 3. The molecule has 3 aromatic rings. The summed E-state index contributed by atoms with van der Waals surface area (Å²) in [6.45, 7) is 1.25. The number of hydrogen-bond donors (Lipinski definition) is 2. The van der Waals surface area contributed by atoms with E-state index in [1.54, 1.807) is 15.9 Å². The van der Waals surface area contributed by atoms with Crippen LogP contribution in [-0.4, -0.2) is 33.9 Å². The van der Waals surface area contributed by atoms with Crippen molar-refractivity contribution in [2.24, 2.45) is 12.8 Å². The number of fused-ring (bicyclic) bond motifs is 1. The number of amides is 1. The highest BCUT2D eigenvalue weighted by atomic mass is 19.4. The molecule has 2 aromatic heterocycles. The first-order valence-electron chi connectivity index (χ1n) is 9.61. The second-order valence-corrected chi connectivity index (χ2v) is 7.38.